The van der Waals surface area contributed by atoms with E-state index >= 15 is 0 Å². The van der Waals surface area contributed by atoms with E-state index in [9.17, 15) is 0 Å². The lowest BCUT2D eigenvalue weighted by Crippen LogP contribution is -2.31. The lowest BCUT2D eigenvalue weighted by molar-refractivity contribution is 0.903. The van der Waals surface area contributed by atoms with E-state index in [4.69, 9.17) is 17.4 Å². The van der Waals surface area contributed by atoms with Crippen LogP contribution in [0.2, 0.25) is 5.02 Å². The summed E-state index contributed by atoms with van der Waals surface area (Å²) in [6, 6.07) is 5.57. The second-order valence-electron chi connectivity index (χ2n) is 3.15. The van der Waals surface area contributed by atoms with E-state index in [1.165, 1.54) is 5.01 Å². The second kappa shape index (κ2) is 3.92. The van der Waals surface area contributed by atoms with Crippen LogP contribution in [0.5, 0.6) is 0 Å². The average molecular weight is 223 g/mol. The second-order valence-corrected chi connectivity index (χ2v) is 3.56. The van der Waals surface area contributed by atoms with E-state index in [2.05, 4.69) is 16.8 Å². The Balaban J connectivity index is 2.56. The maximum Gasteiger partial charge on any atom is 0.174 e. The van der Waals surface area contributed by atoms with Crippen molar-refractivity contribution >= 4 is 28.3 Å². The van der Waals surface area contributed by atoms with Crippen molar-refractivity contribution in [1.82, 2.24) is 10.2 Å². The summed E-state index contributed by atoms with van der Waals surface area (Å²) in [5, 5.41) is 9.97. The third-order valence-corrected chi connectivity index (χ3v) is 2.43. The summed E-state index contributed by atoms with van der Waals surface area (Å²) in [7, 11) is 0. The van der Waals surface area contributed by atoms with Crippen LogP contribution in [0.4, 0.5) is 5.82 Å². The molecule has 1 aromatic heterocycles. The van der Waals surface area contributed by atoms with Gasteiger partial charge in [0.25, 0.3) is 0 Å². The minimum absolute atomic E-state index is 0.519. The standard InChI is InChI=1S/C10H11ClN4/c1-2-6-15(12)10-9-7(11)4-3-5-8(9)13-14-10/h2-5H,1,6,12H2,(H,13,14). The lowest BCUT2D eigenvalue weighted by Gasteiger charge is -2.13. The molecular formula is C10H11ClN4. The Labute approximate surface area is 92.3 Å². The Kier molecular flexibility index (Phi) is 2.62. The SMILES string of the molecule is C=CCN(N)c1n[nH]c2cccc(Cl)c12. The first-order valence-corrected chi connectivity index (χ1v) is 4.87. The summed E-state index contributed by atoms with van der Waals surface area (Å²) in [4.78, 5) is 0. The van der Waals surface area contributed by atoms with Crippen molar-refractivity contribution in [2.45, 2.75) is 0 Å². The highest BCUT2D eigenvalue weighted by Crippen LogP contribution is 2.29. The number of halogens is 1. The fourth-order valence-corrected chi connectivity index (χ4v) is 1.71. The Morgan fingerprint density at radius 2 is 2.40 bits per heavy atom. The quantitative estimate of drug-likeness (QED) is 0.475. The largest absolute Gasteiger partial charge is 0.289 e. The number of fused-ring (bicyclic) bond motifs is 1. The van der Waals surface area contributed by atoms with Crippen molar-refractivity contribution in [2.24, 2.45) is 5.84 Å². The van der Waals surface area contributed by atoms with Gasteiger partial charge in [-0.3, -0.25) is 10.1 Å². The first-order valence-electron chi connectivity index (χ1n) is 4.49. The zero-order valence-corrected chi connectivity index (χ0v) is 8.83. The minimum atomic E-state index is 0.519. The van der Waals surface area contributed by atoms with Gasteiger partial charge in [0.05, 0.1) is 22.5 Å². The molecule has 2 aromatic rings. The number of hydrogen-bond acceptors (Lipinski definition) is 3. The van der Waals surface area contributed by atoms with Crippen LogP contribution in [0.25, 0.3) is 10.9 Å². The van der Waals surface area contributed by atoms with Crippen molar-refractivity contribution in [3.63, 3.8) is 0 Å². The number of benzene rings is 1. The molecule has 0 fully saturated rings. The first-order chi connectivity index (χ1) is 7.24. The van der Waals surface area contributed by atoms with Gasteiger partial charge in [0, 0.05) is 0 Å². The molecule has 15 heavy (non-hydrogen) atoms. The van der Waals surface area contributed by atoms with E-state index in [0.29, 0.717) is 17.4 Å². The third-order valence-electron chi connectivity index (χ3n) is 2.12. The molecule has 0 bridgehead atoms. The molecule has 0 amide bonds. The molecule has 0 aliphatic rings. The number of aromatic amines is 1. The van der Waals surface area contributed by atoms with Gasteiger partial charge in [0.2, 0.25) is 0 Å². The van der Waals surface area contributed by atoms with Gasteiger partial charge in [-0.25, -0.2) is 5.84 Å². The van der Waals surface area contributed by atoms with E-state index < -0.39 is 0 Å². The van der Waals surface area contributed by atoms with Crippen molar-refractivity contribution in [1.29, 1.82) is 0 Å². The number of hydrogen-bond donors (Lipinski definition) is 2. The van der Waals surface area contributed by atoms with Crippen LogP contribution in [0, 0.1) is 0 Å². The van der Waals surface area contributed by atoms with Gasteiger partial charge in [-0.05, 0) is 12.1 Å². The summed E-state index contributed by atoms with van der Waals surface area (Å²) in [6.07, 6.45) is 1.71. The Bertz CT molecular complexity index is 491. The molecule has 3 N–H and O–H groups in total. The van der Waals surface area contributed by atoms with Gasteiger partial charge in [0.15, 0.2) is 5.82 Å². The average Bonchev–Trinajstić information content (AvgIpc) is 2.63. The molecule has 0 spiro atoms. The zero-order chi connectivity index (χ0) is 10.8. The number of nitrogens with zero attached hydrogens (tertiary/aromatic N) is 2. The van der Waals surface area contributed by atoms with Crippen LogP contribution in [0.15, 0.2) is 30.9 Å². The molecule has 0 unspecified atom stereocenters. The van der Waals surface area contributed by atoms with Gasteiger partial charge >= 0.3 is 0 Å². The topological polar surface area (TPSA) is 57.9 Å². The predicted octanol–water partition coefficient (Wildman–Crippen LogP) is 2.08. The van der Waals surface area contributed by atoms with Crippen LogP contribution in [0.3, 0.4) is 0 Å². The minimum Gasteiger partial charge on any atom is -0.289 e. The molecule has 1 aromatic carbocycles. The number of anilines is 1. The van der Waals surface area contributed by atoms with Crippen molar-refractivity contribution in [3.8, 4) is 0 Å². The molecule has 5 heteroatoms. The smallest absolute Gasteiger partial charge is 0.174 e. The van der Waals surface area contributed by atoms with Gasteiger partial charge < -0.3 is 0 Å². The summed E-state index contributed by atoms with van der Waals surface area (Å²) >= 11 is 6.08. The maximum atomic E-state index is 6.08. The van der Waals surface area contributed by atoms with Gasteiger partial charge in [0.1, 0.15) is 0 Å². The van der Waals surface area contributed by atoms with Gasteiger partial charge in [-0.15, -0.1) is 6.58 Å². The van der Waals surface area contributed by atoms with Gasteiger partial charge in [-0.1, -0.05) is 23.7 Å². The molecule has 78 valence electrons. The monoisotopic (exact) mass is 222 g/mol. The van der Waals surface area contributed by atoms with Crippen LogP contribution < -0.4 is 10.9 Å². The van der Waals surface area contributed by atoms with Crippen LogP contribution in [-0.2, 0) is 0 Å². The Morgan fingerprint density at radius 3 is 3.13 bits per heavy atom. The molecule has 4 nitrogen and oxygen atoms in total. The molecule has 1 heterocycles. The third kappa shape index (κ3) is 1.69. The molecule has 0 aliphatic carbocycles. The van der Waals surface area contributed by atoms with E-state index in [0.717, 1.165) is 10.9 Å². The Morgan fingerprint density at radius 1 is 1.60 bits per heavy atom. The molecule has 0 atom stereocenters. The normalized spacial score (nSPS) is 10.5. The highest BCUT2D eigenvalue weighted by atomic mass is 35.5. The molecule has 0 aliphatic heterocycles. The highest BCUT2D eigenvalue weighted by molar-refractivity contribution is 6.36. The molecule has 0 saturated carbocycles. The molecule has 0 radical (unpaired) electrons. The van der Waals surface area contributed by atoms with Crippen molar-refractivity contribution in [2.75, 3.05) is 11.6 Å². The Hall–Kier alpha value is -1.52. The highest BCUT2D eigenvalue weighted by Gasteiger charge is 2.12. The maximum absolute atomic E-state index is 6.08. The van der Waals surface area contributed by atoms with E-state index in [1.807, 2.05) is 18.2 Å². The lowest BCUT2D eigenvalue weighted by atomic mass is 10.2. The molecule has 2 rings (SSSR count). The number of H-pyrrole nitrogens is 1. The van der Waals surface area contributed by atoms with Gasteiger partial charge in [-0.2, -0.15) is 5.10 Å². The molecule has 0 saturated heterocycles. The van der Waals surface area contributed by atoms with Crippen LogP contribution in [0.1, 0.15) is 0 Å². The fourth-order valence-electron chi connectivity index (χ4n) is 1.45. The van der Waals surface area contributed by atoms with Crippen LogP contribution >= 0.6 is 11.6 Å². The predicted molar refractivity (Wildman–Crippen MR) is 62.8 cm³/mol. The fraction of sp³-hybridized carbons (Fsp3) is 0.100. The zero-order valence-electron chi connectivity index (χ0n) is 8.07. The summed E-state index contributed by atoms with van der Waals surface area (Å²) < 4.78 is 0. The summed E-state index contributed by atoms with van der Waals surface area (Å²) in [6.45, 7) is 4.14. The number of nitrogens with two attached hydrogens (primary N) is 1. The summed E-state index contributed by atoms with van der Waals surface area (Å²) in [5.41, 5.74) is 0.872. The van der Waals surface area contributed by atoms with E-state index in [-0.39, 0.29) is 0 Å². The first kappa shape index (κ1) is 10.0. The van der Waals surface area contributed by atoms with E-state index in [1.54, 1.807) is 6.08 Å². The number of nitrogens with one attached hydrogen (secondary N) is 1. The number of hydrazine groups is 1. The number of aromatic nitrogens is 2. The van der Waals surface area contributed by atoms with Crippen molar-refractivity contribution in [3.05, 3.63) is 35.9 Å². The van der Waals surface area contributed by atoms with Crippen molar-refractivity contribution < 1.29 is 0 Å². The molecular weight excluding hydrogens is 212 g/mol. The van der Waals surface area contributed by atoms with Crippen LogP contribution in [-0.4, -0.2) is 16.7 Å². The number of rotatable bonds is 3. The summed E-state index contributed by atoms with van der Waals surface area (Å²) in [5.74, 6) is 6.44.